The lowest BCUT2D eigenvalue weighted by molar-refractivity contribution is -0.132. The van der Waals surface area contributed by atoms with Gasteiger partial charge in [-0.15, -0.1) is 24.8 Å². The lowest BCUT2D eigenvalue weighted by Crippen LogP contribution is -2.55. The second kappa shape index (κ2) is 15.5. The molecule has 0 N–H and O–H groups in total. The van der Waals surface area contributed by atoms with Crippen molar-refractivity contribution in [1.82, 2.24) is 14.7 Å². The number of nitrogens with zero attached hydrogens (tertiary/aromatic N) is 4. The summed E-state index contributed by atoms with van der Waals surface area (Å²) in [5.41, 5.74) is -2.53. The van der Waals surface area contributed by atoms with Gasteiger partial charge in [-0.25, -0.2) is 17.6 Å². The van der Waals surface area contributed by atoms with Crippen LogP contribution in [0.5, 0.6) is 11.5 Å². The number of hydrogen-bond acceptors (Lipinski definition) is 9. The highest BCUT2D eigenvalue weighted by Gasteiger charge is 2.61. The first kappa shape index (κ1) is 38.2. The number of benzene rings is 3. The molecular weight excluding hydrogens is 698 g/mol. The summed E-state index contributed by atoms with van der Waals surface area (Å²) in [5, 5.41) is 0. The third-order valence-electron chi connectivity index (χ3n) is 9.22. The van der Waals surface area contributed by atoms with Crippen molar-refractivity contribution in [2.75, 3.05) is 64.3 Å². The molecule has 1 atom stereocenters. The van der Waals surface area contributed by atoms with Gasteiger partial charge < -0.3 is 24.0 Å². The normalized spacial score (nSPS) is 20.2. The van der Waals surface area contributed by atoms with Gasteiger partial charge in [0.2, 0.25) is 5.60 Å². The molecule has 2 fully saturated rings. The topological polar surface area (TPSA) is 109 Å². The number of likely N-dealkylation sites (tertiary alicyclic amines) is 1. The largest absolute Gasteiger partial charge is 0.497 e. The molecule has 11 nitrogen and oxygen atoms in total. The van der Waals surface area contributed by atoms with Crippen molar-refractivity contribution in [3.05, 3.63) is 83.7 Å². The number of halogens is 3. The van der Waals surface area contributed by atoms with Crippen LogP contribution < -0.4 is 13.8 Å². The lowest BCUT2D eigenvalue weighted by atomic mass is 9.86. The molecular formula is C34H41Cl2FN4O7S. The van der Waals surface area contributed by atoms with Gasteiger partial charge in [-0.1, -0.05) is 18.2 Å². The van der Waals surface area contributed by atoms with Crippen molar-refractivity contribution in [1.29, 1.82) is 0 Å². The molecule has 15 heteroatoms. The number of anilines is 1. The van der Waals surface area contributed by atoms with E-state index in [0.29, 0.717) is 42.3 Å². The van der Waals surface area contributed by atoms with Crippen molar-refractivity contribution in [2.45, 2.75) is 36.3 Å². The van der Waals surface area contributed by atoms with Gasteiger partial charge in [0.1, 0.15) is 17.3 Å². The maximum absolute atomic E-state index is 15.1. The van der Waals surface area contributed by atoms with E-state index in [2.05, 4.69) is 16.8 Å². The summed E-state index contributed by atoms with van der Waals surface area (Å²) in [6, 6.07) is 15.7. The molecule has 266 valence electrons. The van der Waals surface area contributed by atoms with E-state index in [9.17, 15) is 18.0 Å². The fraction of sp³-hybridized carbons (Fsp3) is 0.412. The molecule has 3 aromatic rings. The first-order valence-corrected chi connectivity index (χ1v) is 17.2. The van der Waals surface area contributed by atoms with E-state index in [4.69, 9.17) is 14.2 Å². The average Bonchev–Trinajstić information content (AvgIpc) is 3.33. The minimum Gasteiger partial charge on any atom is -0.497 e. The van der Waals surface area contributed by atoms with Gasteiger partial charge in [0.05, 0.1) is 29.9 Å². The van der Waals surface area contributed by atoms with Crippen LogP contribution in [0, 0.1) is 5.82 Å². The van der Waals surface area contributed by atoms with Crippen LogP contribution in [0.25, 0.3) is 0 Å². The summed E-state index contributed by atoms with van der Waals surface area (Å²) in [6.07, 6.45) is 1.29. The molecule has 0 aromatic heterocycles. The zero-order valence-corrected chi connectivity index (χ0v) is 30.0. The number of carbonyl (C=O) groups excluding carboxylic acids is 2. The van der Waals surface area contributed by atoms with Crippen molar-refractivity contribution in [3.8, 4) is 11.5 Å². The van der Waals surface area contributed by atoms with Gasteiger partial charge in [-0.2, -0.15) is 4.31 Å². The van der Waals surface area contributed by atoms with Crippen LogP contribution in [0.15, 0.2) is 71.6 Å². The van der Waals surface area contributed by atoms with E-state index < -0.39 is 33.4 Å². The summed E-state index contributed by atoms with van der Waals surface area (Å²) in [6.45, 7) is 5.96. The van der Waals surface area contributed by atoms with Crippen LogP contribution in [0.1, 0.15) is 30.9 Å². The zero-order chi connectivity index (χ0) is 33.3. The highest BCUT2D eigenvalue weighted by Crippen LogP contribution is 2.52. The summed E-state index contributed by atoms with van der Waals surface area (Å²) in [7, 11) is -1.02. The number of methoxy groups -OCH3 is 1. The molecule has 0 aliphatic carbocycles. The predicted molar refractivity (Wildman–Crippen MR) is 187 cm³/mol. The molecule has 3 aromatic carbocycles. The Morgan fingerprint density at radius 2 is 1.57 bits per heavy atom. The molecule has 3 heterocycles. The number of carbonyl (C=O) groups is 2. The Kier molecular flexibility index (Phi) is 12.1. The van der Waals surface area contributed by atoms with Crippen molar-refractivity contribution in [2.24, 2.45) is 0 Å². The smallest absolute Gasteiger partial charge is 0.411 e. The monoisotopic (exact) mass is 738 g/mol. The quantitative estimate of drug-likeness (QED) is 0.319. The van der Waals surface area contributed by atoms with E-state index >= 15 is 4.39 Å². The molecule has 0 radical (unpaired) electrons. The van der Waals surface area contributed by atoms with Crippen molar-refractivity contribution < 1.29 is 36.6 Å². The van der Waals surface area contributed by atoms with Gasteiger partial charge in [0.15, 0.2) is 0 Å². The molecule has 49 heavy (non-hydrogen) atoms. The number of ether oxygens (including phenoxy) is 3. The Hall–Kier alpha value is -3.62. The number of piperidine rings is 1. The molecule has 0 saturated carbocycles. The zero-order valence-electron chi connectivity index (χ0n) is 27.5. The van der Waals surface area contributed by atoms with Crippen LogP contribution in [-0.2, 0) is 25.2 Å². The van der Waals surface area contributed by atoms with E-state index in [1.807, 2.05) is 0 Å². The SMILES string of the molecule is CCOc1ccccc1C1(OC(=O)N2CCN(C3CCN(C)CC3)CC2)C(=O)N(S(=O)(=O)c2ccc(OC)cc2)c2ccc(F)cc21.Cl.Cl. The molecule has 3 aliphatic rings. The van der Waals surface area contributed by atoms with Crippen LogP contribution in [0.3, 0.4) is 0 Å². The van der Waals surface area contributed by atoms with E-state index in [-0.39, 0.29) is 58.9 Å². The third kappa shape index (κ3) is 7.04. The molecule has 0 spiro atoms. The van der Waals surface area contributed by atoms with Crippen LogP contribution >= 0.6 is 24.8 Å². The number of amides is 2. The number of rotatable bonds is 8. The maximum atomic E-state index is 15.1. The van der Waals surface area contributed by atoms with Crippen LogP contribution in [0.2, 0.25) is 0 Å². The molecule has 6 rings (SSSR count). The number of fused-ring (bicyclic) bond motifs is 1. The number of piperazine rings is 1. The molecule has 1 unspecified atom stereocenters. The predicted octanol–water partition coefficient (Wildman–Crippen LogP) is 4.90. The molecule has 0 bridgehead atoms. The lowest BCUT2D eigenvalue weighted by Gasteiger charge is -2.42. The van der Waals surface area contributed by atoms with Gasteiger partial charge >= 0.3 is 6.09 Å². The number of para-hydroxylation sites is 1. The minimum absolute atomic E-state index is 0. The minimum atomic E-state index is -4.58. The fourth-order valence-corrected chi connectivity index (χ4v) is 8.16. The van der Waals surface area contributed by atoms with Gasteiger partial charge in [-0.05, 0) is 88.4 Å². The standard InChI is InChI=1S/C34H39FN4O7S.2ClH/c1-4-45-31-8-6-5-7-28(31)34(46-33(41)38-21-19-37(20-22-38)25-15-17-36(2)18-16-25)29-23-24(35)9-14-30(29)39(32(34)40)47(42,43)27-12-10-26(44-3)11-13-27;;/h5-14,23,25H,4,15-22H2,1-3H3;2*1H. The maximum Gasteiger partial charge on any atom is 0.411 e. The average molecular weight is 740 g/mol. The Morgan fingerprint density at radius 3 is 2.20 bits per heavy atom. The Morgan fingerprint density at radius 1 is 0.918 bits per heavy atom. The van der Waals surface area contributed by atoms with Gasteiger partial charge in [0.25, 0.3) is 15.9 Å². The summed E-state index contributed by atoms with van der Waals surface area (Å²) in [4.78, 5) is 34.9. The molecule has 2 saturated heterocycles. The first-order chi connectivity index (χ1) is 22.6. The Balaban J connectivity index is 0.00000270. The fourth-order valence-electron chi connectivity index (χ4n) is 6.70. The van der Waals surface area contributed by atoms with Crippen LogP contribution in [0.4, 0.5) is 14.9 Å². The third-order valence-corrected chi connectivity index (χ3v) is 10.9. The van der Waals surface area contributed by atoms with Crippen molar-refractivity contribution in [3.63, 3.8) is 0 Å². The Labute approximate surface area is 298 Å². The highest BCUT2D eigenvalue weighted by atomic mass is 35.5. The number of hydrogen-bond donors (Lipinski definition) is 0. The second-order valence-electron chi connectivity index (χ2n) is 11.9. The second-order valence-corrected chi connectivity index (χ2v) is 13.7. The van der Waals surface area contributed by atoms with E-state index in [0.717, 1.165) is 38.1 Å². The molecule has 2 amide bonds. The van der Waals surface area contributed by atoms with E-state index in [1.165, 1.54) is 48.4 Å². The molecule has 3 aliphatic heterocycles. The summed E-state index contributed by atoms with van der Waals surface area (Å²) in [5.74, 6) is -1.20. The summed E-state index contributed by atoms with van der Waals surface area (Å²) >= 11 is 0. The highest BCUT2D eigenvalue weighted by molar-refractivity contribution is 7.93. The van der Waals surface area contributed by atoms with E-state index in [1.54, 1.807) is 25.1 Å². The van der Waals surface area contributed by atoms with Crippen molar-refractivity contribution >= 4 is 52.5 Å². The summed E-state index contributed by atoms with van der Waals surface area (Å²) < 4.78 is 61.3. The number of sulfonamides is 1. The van der Waals surface area contributed by atoms with Crippen LogP contribution in [-0.4, -0.2) is 101 Å². The van der Waals surface area contributed by atoms with Gasteiger partial charge in [-0.3, -0.25) is 9.69 Å². The Bertz CT molecular complexity index is 1750. The first-order valence-electron chi connectivity index (χ1n) is 15.8. The van der Waals surface area contributed by atoms with Gasteiger partial charge in [0, 0.05) is 37.8 Å².